The number of rotatable bonds is 4. The van der Waals surface area contributed by atoms with Gasteiger partial charge in [0.05, 0.1) is 6.61 Å². The summed E-state index contributed by atoms with van der Waals surface area (Å²) in [5.74, 6) is 0. The largest absolute Gasteiger partial charge is 0.381 e. The predicted octanol–water partition coefficient (Wildman–Crippen LogP) is 3.65. The first-order chi connectivity index (χ1) is 7.28. The minimum absolute atomic E-state index is 0.357. The van der Waals surface area contributed by atoms with Crippen molar-refractivity contribution in [2.24, 2.45) is 5.41 Å². The molecule has 3 heteroatoms. The molecule has 1 saturated heterocycles. The fraction of sp³-hybridized carbons (Fsp3) is 0.667. The highest BCUT2D eigenvalue weighted by Crippen LogP contribution is 2.36. The minimum atomic E-state index is 0.357. The molecule has 0 aliphatic carbocycles. The fourth-order valence-electron chi connectivity index (χ4n) is 2.02. The van der Waals surface area contributed by atoms with Gasteiger partial charge >= 0.3 is 0 Å². The van der Waals surface area contributed by atoms with Crippen LogP contribution in [0, 0.1) is 5.41 Å². The molecular formula is C12H17BrOS. The van der Waals surface area contributed by atoms with Crippen LogP contribution in [0.5, 0.6) is 0 Å². The summed E-state index contributed by atoms with van der Waals surface area (Å²) in [4.78, 5) is 3.01. The van der Waals surface area contributed by atoms with Gasteiger partial charge in [-0.1, -0.05) is 22.9 Å². The van der Waals surface area contributed by atoms with Crippen molar-refractivity contribution in [3.8, 4) is 0 Å². The van der Waals surface area contributed by atoms with E-state index in [0.29, 0.717) is 5.41 Å². The van der Waals surface area contributed by atoms with E-state index in [2.05, 4.69) is 35.0 Å². The second kappa shape index (κ2) is 4.98. The lowest BCUT2D eigenvalue weighted by Gasteiger charge is -2.23. The van der Waals surface area contributed by atoms with Gasteiger partial charge in [-0.05, 0) is 31.4 Å². The quantitative estimate of drug-likeness (QED) is 0.769. The SMILES string of the molecule is CCc1ccc(CC2(CBr)CCOC2)s1. The topological polar surface area (TPSA) is 9.23 Å². The van der Waals surface area contributed by atoms with Crippen LogP contribution >= 0.6 is 27.3 Å². The van der Waals surface area contributed by atoms with Crippen molar-refractivity contribution in [3.63, 3.8) is 0 Å². The van der Waals surface area contributed by atoms with Crippen LogP contribution in [0.2, 0.25) is 0 Å². The van der Waals surface area contributed by atoms with Crippen molar-refractivity contribution in [2.45, 2.75) is 26.2 Å². The molecule has 2 heterocycles. The van der Waals surface area contributed by atoms with Crippen LogP contribution < -0.4 is 0 Å². The predicted molar refractivity (Wildman–Crippen MR) is 69.1 cm³/mol. The third kappa shape index (κ3) is 2.63. The highest BCUT2D eigenvalue weighted by atomic mass is 79.9. The van der Waals surface area contributed by atoms with Crippen LogP contribution in [0.25, 0.3) is 0 Å². The van der Waals surface area contributed by atoms with Crippen LogP contribution in [-0.2, 0) is 17.6 Å². The summed E-state index contributed by atoms with van der Waals surface area (Å²) in [6.07, 6.45) is 3.52. The third-order valence-corrected chi connectivity index (χ3v) is 5.50. The molecule has 1 aromatic heterocycles. The smallest absolute Gasteiger partial charge is 0.0534 e. The Morgan fingerprint density at radius 1 is 1.47 bits per heavy atom. The molecule has 15 heavy (non-hydrogen) atoms. The van der Waals surface area contributed by atoms with Gasteiger partial charge in [0.2, 0.25) is 0 Å². The number of aryl methyl sites for hydroxylation is 1. The molecule has 84 valence electrons. The first-order valence-electron chi connectivity index (χ1n) is 5.49. The maximum atomic E-state index is 5.53. The Balaban J connectivity index is 2.05. The number of thiophene rings is 1. The molecule has 1 nitrogen and oxygen atoms in total. The molecule has 0 N–H and O–H groups in total. The molecular weight excluding hydrogens is 272 g/mol. The van der Waals surface area contributed by atoms with Gasteiger partial charge in [-0.25, -0.2) is 0 Å². The number of ether oxygens (including phenoxy) is 1. The van der Waals surface area contributed by atoms with E-state index < -0.39 is 0 Å². The normalized spacial score (nSPS) is 26.0. The van der Waals surface area contributed by atoms with Gasteiger partial charge in [0.25, 0.3) is 0 Å². The molecule has 1 fully saturated rings. The number of alkyl halides is 1. The Morgan fingerprint density at radius 3 is 2.80 bits per heavy atom. The van der Waals surface area contributed by atoms with Gasteiger partial charge in [-0.15, -0.1) is 11.3 Å². The number of halogens is 1. The summed E-state index contributed by atoms with van der Waals surface area (Å²) in [6, 6.07) is 4.55. The van der Waals surface area contributed by atoms with E-state index in [1.54, 1.807) is 0 Å². The zero-order valence-corrected chi connectivity index (χ0v) is 11.5. The Kier molecular flexibility index (Phi) is 3.86. The van der Waals surface area contributed by atoms with E-state index in [-0.39, 0.29) is 0 Å². The third-order valence-electron chi connectivity index (χ3n) is 3.08. The standard InChI is InChI=1S/C12H17BrOS/c1-2-10-3-4-11(15-10)7-12(8-13)5-6-14-9-12/h3-4H,2,5-9H2,1H3. The Hall–Kier alpha value is 0.140. The van der Waals surface area contributed by atoms with Gasteiger partial charge in [-0.3, -0.25) is 0 Å². The summed E-state index contributed by atoms with van der Waals surface area (Å²) in [5, 5.41) is 1.05. The lowest BCUT2D eigenvalue weighted by Crippen LogP contribution is -2.25. The molecule has 1 aliphatic rings. The molecule has 0 aromatic carbocycles. The van der Waals surface area contributed by atoms with Crippen LogP contribution in [0.4, 0.5) is 0 Å². The van der Waals surface area contributed by atoms with Crippen molar-refractivity contribution in [1.29, 1.82) is 0 Å². The molecule has 1 aromatic rings. The van der Waals surface area contributed by atoms with Crippen molar-refractivity contribution in [1.82, 2.24) is 0 Å². The second-order valence-electron chi connectivity index (χ2n) is 4.33. The summed E-state index contributed by atoms with van der Waals surface area (Å²) in [5.41, 5.74) is 0.357. The van der Waals surface area contributed by atoms with Crippen LogP contribution in [-0.4, -0.2) is 18.5 Å². The molecule has 0 saturated carbocycles. The van der Waals surface area contributed by atoms with Gasteiger partial charge in [0.15, 0.2) is 0 Å². The van der Waals surface area contributed by atoms with Crippen molar-refractivity contribution in [3.05, 3.63) is 21.9 Å². The van der Waals surface area contributed by atoms with Crippen LogP contribution in [0.3, 0.4) is 0 Å². The average Bonchev–Trinajstić information content (AvgIpc) is 2.88. The second-order valence-corrected chi connectivity index (χ2v) is 6.15. The van der Waals surface area contributed by atoms with Crippen molar-refractivity contribution in [2.75, 3.05) is 18.5 Å². The number of hydrogen-bond donors (Lipinski definition) is 0. The Labute approximate surface area is 104 Å². The van der Waals surface area contributed by atoms with Crippen molar-refractivity contribution < 1.29 is 4.74 Å². The first-order valence-corrected chi connectivity index (χ1v) is 7.43. The van der Waals surface area contributed by atoms with E-state index >= 15 is 0 Å². The first kappa shape index (κ1) is 11.6. The molecule has 1 aliphatic heterocycles. The molecule has 0 bridgehead atoms. The van der Waals surface area contributed by atoms with Gasteiger partial charge in [0, 0.05) is 27.1 Å². The minimum Gasteiger partial charge on any atom is -0.381 e. The van der Waals surface area contributed by atoms with E-state index in [4.69, 9.17) is 4.74 Å². The lowest BCUT2D eigenvalue weighted by molar-refractivity contribution is 0.162. The maximum Gasteiger partial charge on any atom is 0.0534 e. The van der Waals surface area contributed by atoms with Crippen LogP contribution in [0.15, 0.2) is 12.1 Å². The zero-order chi connectivity index (χ0) is 10.7. The Bertz CT molecular complexity index is 315. The monoisotopic (exact) mass is 288 g/mol. The highest BCUT2D eigenvalue weighted by Gasteiger charge is 2.34. The fourth-order valence-corrected chi connectivity index (χ4v) is 3.79. The summed E-state index contributed by atoms with van der Waals surface area (Å²) in [7, 11) is 0. The molecule has 2 rings (SSSR count). The molecule has 0 amide bonds. The van der Waals surface area contributed by atoms with Gasteiger partial charge in [0.1, 0.15) is 0 Å². The summed E-state index contributed by atoms with van der Waals surface area (Å²) < 4.78 is 5.53. The molecule has 1 atom stereocenters. The molecule has 0 spiro atoms. The summed E-state index contributed by atoms with van der Waals surface area (Å²) in [6.45, 7) is 4.06. The average molecular weight is 289 g/mol. The van der Waals surface area contributed by atoms with Crippen molar-refractivity contribution >= 4 is 27.3 Å². The molecule has 1 unspecified atom stereocenters. The zero-order valence-electron chi connectivity index (χ0n) is 9.09. The van der Waals surface area contributed by atoms with E-state index in [0.717, 1.165) is 25.0 Å². The molecule has 0 radical (unpaired) electrons. The van der Waals surface area contributed by atoms with Gasteiger partial charge in [-0.2, -0.15) is 0 Å². The maximum absolute atomic E-state index is 5.53. The van der Waals surface area contributed by atoms with Gasteiger partial charge < -0.3 is 4.74 Å². The summed E-state index contributed by atoms with van der Waals surface area (Å²) >= 11 is 5.60. The number of hydrogen-bond acceptors (Lipinski definition) is 2. The Morgan fingerprint density at radius 2 is 2.27 bits per heavy atom. The highest BCUT2D eigenvalue weighted by molar-refractivity contribution is 9.09. The van der Waals surface area contributed by atoms with E-state index in [1.165, 1.54) is 22.6 Å². The van der Waals surface area contributed by atoms with Crippen LogP contribution in [0.1, 0.15) is 23.1 Å². The van der Waals surface area contributed by atoms with E-state index in [1.807, 2.05) is 11.3 Å². The van der Waals surface area contributed by atoms with E-state index in [9.17, 15) is 0 Å². The lowest BCUT2D eigenvalue weighted by atomic mass is 9.86.